The molecule has 1 atom stereocenters. The first-order valence-corrected chi connectivity index (χ1v) is 8.68. The minimum Gasteiger partial charge on any atom is -0.352 e. The Labute approximate surface area is 149 Å². The summed E-state index contributed by atoms with van der Waals surface area (Å²) in [6.45, 7) is 12.4. The zero-order valence-electron chi connectivity index (χ0n) is 15.2. The Morgan fingerprint density at radius 2 is 2.00 bits per heavy atom. The number of hydrogen-bond donors (Lipinski definition) is 1. The topological polar surface area (TPSA) is 50.2 Å². The molecule has 132 valence electrons. The molecule has 0 saturated heterocycles. The van der Waals surface area contributed by atoms with Gasteiger partial charge >= 0.3 is 0 Å². The van der Waals surface area contributed by atoms with Crippen LogP contribution in [0, 0.1) is 5.92 Å². The smallest absolute Gasteiger partial charge is 0.243 e. The average Bonchev–Trinajstić information content (AvgIpc) is 3.06. The summed E-state index contributed by atoms with van der Waals surface area (Å²) >= 11 is 0. The molecule has 0 spiro atoms. The molecule has 5 heteroatoms. The predicted octanol–water partition coefficient (Wildman–Crippen LogP) is 3.25. The summed E-state index contributed by atoms with van der Waals surface area (Å²) < 4.78 is 2.01. The number of carbonyl (C=O) groups is 1. The van der Waals surface area contributed by atoms with Gasteiger partial charge in [-0.25, -0.2) is 4.68 Å². The Morgan fingerprint density at radius 3 is 2.64 bits per heavy atom. The lowest BCUT2D eigenvalue weighted by molar-refractivity contribution is -0.116. The molecule has 2 heterocycles. The van der Waals surface area contributed by atoms with Crippen LogP contribution in [0.25, 0.3) is 0 Å². The molecule has 2 aromatic rings. The van der Waals surface area contributed by atoms with Crippen LogP contribution in [0.2, 0.25) is 0 Å². The quantitative estimate of drug-likeness (QED) is 0.871. The first-order valence-electron chi connectivity index (χ1n) is 8.68. The van der Waals surface area contributed by atoms with E-state index in [9.17, 15) is 4.79 Å². The Kier molecular flexibility index (Phi) is 4.66. The first kappa shape index (κ1) is 17.3. The van der Waals surface area contributed by atoms with Gasteiger partial charge in [-0.3, -0.25) is 4.79 Å². The molecule has 1 N–H and O–H groups in total. The summed E-state index contributed by atoms with van der Waals surface area (Å²) in [4.78, 5) is 13.7. The molecular formula is C20H26N4O. The van der Waals surface area contributed by atoms with E-state index < -0.39 is 0 Å². The largest absolute Gasteiger partial charge is 0.352 e. The van der Waals surface area contributed by atoms with Gasteiger partial charge < -0.3 is 10.2 Å². The first-order chi connectivity index (χ1) is 11.9. The fourth-order valence-electron chi connectivity index (χ4n) is 3.17. The summed E-state index contributed by atoms with van der Waals surface area (Å²) in [7, 11) is 0. The van der Waals surface area contributed by atoms with Gasteiger partial charge in [-0.1, -0.05) is 39.5 Å². The van der Waals surface area contributed by atoms with Gasteiger partial charge in [-0.05, 0) is 29.2 Å². The summed E-state index contributed by atoms with van der Waals surface area (Å²) in [6, 6.07) is 10.8. The molecule has 0 unspecified atom stereocenters. The number of benzene rings is 1. The minimum absolute atomic E-state index is 0.132. The van der Waals surface area contributed by atoms with Crippen LogP contribution in [0.4, 0.5) is 11.5 Å². The third-order valence-electron chi connectivity index (χ3n) is 4.64. The molecule has 1 aliphatic heterocycles. The van der Waals surface area contributed by atoms with E-state index in [1.165, 1.54) is 11.6 Å². The molecule has 1 aliphatic rings. The number of anilines is 2. The highest BCUT2D eigenvalue weighted by Crippen LogP contribution is 2.32. The normalized spacial score (nSPS) is 17.1. The van der Waals surface area contributed by atoms with Gasteiger partial charge in [0.15, 0.2) is 0 Å². The lowest BCUT2D eigenvalue weighted by Gasteiger charge is -2.35. The van der Waals surface area contributed by atoms with Crippen LogP contribution in [-0.2, 0) is 16.8 Å². The number of hydrogen-bond acceptors (Lipinski definition) is 3. The van der Waals surface area contributed by atoms with E-state index in [-0.39, 0.29) is 11.3 Å². The Morgan fingerprint density at radius 1 is 1.28 bits per heavy atom. The van der Waals surface area contributed by atoms with E-state index in [1.807, 2.05) is 16.9 Å². The van der Waals surface area contributed by atoms with Crippen LogP contribution in [0.5, 0.6) is 0 Å². The second-order valence-corrected chi connectivity index (χ2v) is 7.59. The number of amides is 1. The fourth-order valence-corrected chi connectivity index (χ4v) is 3.17. The maximum atomic E-state index is 11.5. The third kappa shape index (κ3) is 3.76. The minimum atomic E-state index is -0.132. The van der Waals surface area contributed by atoms with Crippen molar-refractivity contribution >= 4 is 17.4 Å². The number of fused-ring (bicyclic) bond motifs is 1. The van der Waals surface area contributed by atoms with E-state index in [2.05, 4.69) is 66.9 Å². The van der Waals surface area contributed by atoms with Crippen LogP contribution >= 0.6 is 0 Å². The third-order valence-corrected chi connectivity index (χ3v) is 4.64. The molecule has 5 nitrogen and oxygen atoms in total. The average molecular weight is 338 g/mol. The highest BCUT2D eigenvalue weighted by molar-refractivity contribution is 5.86. The molecule has 0 saturated carbocycles. The van der Waals surface area contributed by atoms with Crippen molar-refractivity contribution in [1.29, 1.82) is 0 Å². The van der Waals surface area contributed by atoms with Crippen LogP contribution in [-0.4, -0.2) is 28.8 Å². The predicted molar refractivity (Wildman–Crippen MR) is 101 cm³/mol. The Bertz CT molecular complexity index is 755. The van der Waals surface area contributed by atoms with Crippen molar-refractivity contribution in [3.8, 4) is 0 Å². The summed E-state index contributed by atoms with van der Waals surface area (Å²) in [5.41, 5.74) is 2.60. The van der Waals surface area contributed by atoms with Gasteiger partial charge in [0.2, 0.25) is 5.91 Å². The monoisotopic (exact) mass is 338 g/mol. The zero-order chi connectivity index (χ0) is 18.0. The van der Waals surface area contributed by atoms with E-state index in [4.69, 9.17) is 0 Å². The highest BCUT2D eigenvalue weighted by Gasteiger charge is 2.26. The van der Waals surface area contributed by atoms with Gasteiger partial charge in [0.05, 0.1) is 6.20 Å². The van der Waals surface area contributed by atoms with Gasteiger partial charge in [-0.15, -0.1) is 0 Å². The summed E-state index contributed by atoms with van der Waals surface area (Å²) in [5, 5.41) is 7.33. The van der Waals surface area contributed by atoms with Gasteiger partial charge in [0, 0.05) is 37.3 Å². The molecule has 1 aromatic heterocycles. The van der Waals surface area contributed by atoms with Crippen molar-refractivity contribution in [2.75, 3.05) is 18.0 Å². The van der Waals surface area contributed by atoms with Crippen LogP contribution < -0.4 is 10.2 Å². The SMILES string of the molecule is C=CC(=O)NC[C@@H]1CN(c2ccc(C(C)(C)C)cc2)c2ccnn2C1. The van der Waals surface area contributed by atoms with Crippen LogP contribution in [0.3, 0.4) is 0 Å². The lowest BCUT2D eigenvalue weighted by atomic mass is 9.87. The number of rotatable bonds is 4. The molecule has 0 aliphatic carbocycles. The molecule has 1 amide bonds. The van der Waals surface area contributed by atoms with Crippen molar-refractivity contribution < 1.29 is 4.79 Å². The van der Waals surface area contributed by atoms with Crippen LogP contribution in [0.15, 0.2) is 49.2 Å². The van der Waals surface area contributed by atoms with Crippen molar-refractivity contribution in [2.45, 2.75) is 32.7 Å². The fraction of sp³-hybridized carbons (Fsp3) is 0.400. The van der Waals surface area contributed by atoms with E-state index in [0.717, 1.165) is 24.6 Å². The molecule has 0 radical (unpaired) electrons. The summed E-state index contributed by atoms with van der Waals surface area (Å²) in [6.07, 6.45) is 3.14. The van der Waals surface area contributed by atoms with Gasteiger partial charge in [0.25, 0.3) is 0 Å². The van der Waals surface area contributed by atoms with Gasteiger partial charge in [-0.2, -0.15) is 5.10 Å². The molecule has 0 bridgehead atoms. The number of nitrogens with one attached hydrogen (secondary N) is 1. The number of carbonyl (C=O) groups excluding carboxylic acids is 1. The Balaban J connectivity index is 1.82. The van der Waals surface area contributed by atoms with E-state index in [1.54, 1.807) is 0 Å². The second-order valence-electron chi connectivity index (χ2n) is 7.59. The maximum Gasteiger partial charge on any atom is 0.243 e. The highest BCUT2D eigenvalue weighted by atomic mass is 16.1. The molecule has 0 fully saturated rings. The standard InChI is InChI=1S/C20H26N4O/c1-5-18(25)21-12-15-13-23(19-10-11-22-24(19)14-15)17-8-6-16(7-9-17)20(2,3)4/h5-11,15H,1,12-14H2,2-4H3,(H,21,25)/t15-/m1/s1. The maximum absolute atomic E-state index is 11.5. The molecule has 1 aromatic carbocycles. The lowest BCUT2D eigenvalue weighted by Crippen LogP contribution is -2.41. The van der Waals surface area contributed by atoms with Crippen LogP contribution in [0.1, 0.15) is 26.3 Å². The zero-order valence-corrected chi connectivity index (χ0v) is 15.2. The molecule has 3 rings (SSSR count). The van der Waals surface area contributed by atoms with E-state index >= 15 is 0 Å². The second kappa shape index (κ2) is 6.75. The Hall–Kier alpha value is -2.56. The summed E-state index contributed by atoms with van der Waals surface area (Å²) in [5.74, 6) is 1.25. The van der Waals surface area contributed by atoms with E-state index in [0.29, 0.717) is 12.5 Å². The number of nitrogens with zero attached hydrogens (tertiary/aromatic N) is 3. The molecule has 25 heavy (non-hydrogen) atoms. The number of aromatic nitrogens is 2. The molecular weight excluding hydrogens is 312 g/mol. The van der Waals surface area contributed by atoms with Crippen molar-refractivity contribution in [1.82, 2.24) is 15.1 Å². The van der Waals surface area contributed by atoms with Crippen molar-refractivity contribution in [3.63, 3.8) is 0 Å². The van der Waals surface area contributed by atoms with Crippen molar-refractivity contribution in [3.05, 3.63) is 54.7 Å². The van der Waals surface area contributed by atoms with Gasteiger partial charge in [0.1, 0.15) is 5.82 Å². The van der Waals surface area contributed by atoms with Crippen molar-refractivity contribution in [2.24, 2.45) is 5.92 Å².